The third kappa shape index (κ3) is 3.17. The monoisotopic (exact) mass is 299 g/mol. The molecule has 0 N–H and O–H groups in total. The third-order valence-corrected chi connectivity index (χ3v) is 2.75. The molecule has 1 nitrogen and oxygen atoms in total. The fourth-order valence-corrected chi connectivity index (χ4v) is 1.84. The van der Waals surface area contributed by atoms with Crippen molar-refractivity contribution >= 4 is 5.70 Å². The SMILES string of the molecule is C=C1C=C[C-]=C(c2ccc(C)cc2)N1CC.[Y]. The number of rotatable bonds is 2. The Kier molecular flexibility index (Phi) is 5.36. The first-order valence-electron chi connectivity index (χ1n) is 5.56. The van der Waals surface area contributed by atoms with Crippen molar-refractivity contribution in [2.75, 3.05) is 6.54 Å². The molecule has 1 aliphatic heterocycles. The van der Waals surface area contributed by atoms with Crippen LogP contribution in [0.25, 0.3) is 5.70 Å². The Morgan fingerprint density at radius 3 is 2.47 bits per heavy atom. The van der Waals surface area contributed by atoms with E-state index in [9.17, 15) is 0 Å². The van der Waals surface area contributed by atoms with Gasteiger partial charge in [0.1, 0.15) is 0 Å². The molecule has 2 rings (SSSR count). The molecule has 0 unspecified atom stereocenters. The number of nitrogens with zero attached hydrogens (tertiary/aromatic N) is 1. The maximum Gasteiger partial charge on any atom is 0.0169 e. The molecule has 85 valence electrons. The average Bonchev–Trinajstić information content (AvgIpc) is 2.30. The summed E-state index contributed by atoms with van der Waals surface area (Å²) in [5.41, 5.74) is 4.60. The molecule has 17 heavy (non-hydrogen) atoms. The maximum absolute atomic E-state index is 4.04. The number of aryl methyl sites for hydroxylation is 1. The van der Waals surface area contributed by atoms with E-state index in [1.54, 1.807) is 0 Å². The number of allylic oxidation sites excluding steroid dienone is 3. The summed E-state index contributed by atoms with van der Waals surface area (Å²) in [7, 11) is 0. The Hall–Kier alpha value is -0.656. The summed E-state index contributed by atoms with van der Waals surface area (Å²) < 4.78 is 0. The molecule has 0 saturated carbocycles. The minimum atomic E-state index is 0. The summed E-state index contributed by atoms with van der Waals surface area (Å²) in [5.74, 6) is 0. The fourth-order valence-electron chi connectivity index (χ4n) is 1.84. The van der Waals surface area contributed by atoms with Gasteiger partial charge in [-0.05, 0) is 19.5 Å². The molecule has 1 aromatic rings. The summed E-state index contributed by atoms with van der Waals surface area (Å²) in [6.45, 7) is 9.18. The Labute approximate surface area is 129 Å². The van der Waals surface area contributed by atoms with E-state index in [1.807, 2.05) is 12.2 Å². The molecule has 0 saturated heterocycles. The zero-order valence-corrected chi connectivity index (χ0v) is 13.2. The predicted octanol–water partition coefficient (Wildman–Crippen LogP) is 3.54. The standard InChI is InChI=1S/C15H16N.Y/c1-4-16-13(3)6-5-7-15(16)14-10-8-12(2)9-11-14;/h5-6,8-11H,3-4H2,1-2H3;/q-1;. The van der Waals surface area contributed by atoms with Gasteiger partial charge in [-0.1, -0.05) is 35.5 Å². The summed E-state index contributed by atoms with van der Waals surface area (Å²) in [6, 6.07) is 8.51. The van der Waals surface area contributed by atoms with Crippen molar-refractivity contribution in [1.29, 1.82) is 0 Å². The van der Waals surface area contributed by atoms with Gasteiger partial charge in [-0.3, -0.25) is 0 Å². The second-order valence-electron chi connectivity index (χ2n) is 3.93. The molecule has 1 radical (unpaired) electrons. The van der Waals surface area contributed by atoms with Crippen molar-refractivity contribution in [3.63, 3.8) is 0 Å². The van der Waals surface area contributed by atoms with Crippen molar-refractivity contribution in [2.45, 2.75) is 13.8 Å². The molecule has 0 aromatic heterocycles. The van der Waals surface area contributed by atoms with Gasteiger partial charge in [-0.2, -0.15) is 12.2 Å². The molecule has 1 heterocycles. The number of likely N-dealkylation sites (N-methyl/N-ethyl adjacent to an activating group) is 1. The van der Waals surface area contributed by atoms with Crippen LogP contribution in [0.1, 0.15) is 18.1 Å². The normalized spacial score (nSPS) is 14.4. The van der Waals surface area contributed by atoms with Crippen LogP contribution in [0.3, 0.4) is 0 Å². The molecule has 0 amide bonds. The van der Waals surface area contributed by atoms with Gasteiger partial charge < -0.3 is 4.90 Å². The molecule has 0 fully saturated rings. The van der Waals surface area contributed by atoms with Crippen molar-refractivity contribution in [3.8, 4) is 0 Å². The predicted molar refractivity (Wildman–Crippen MR) is 68.5 cm³/mol. The van der Waals surface area contributed by atoms with Gasteiger partial charge >= 0.3 is 0 Å². The Morgan fingerprint density at radius 1 is 1.24 bits per heavy atom. The van der Waals surface area contributed by atoms with E-state index in [2.05, 4.69) is 55.7 Å². The van der Waals surface area contributed by atoms with Crippen LogP contribution in [0.4, 0.5) is 0 Å². The van der Waals surface area contributed by atoms with Crippen molar-refractivity contribution in [2.24, 2.45) is 0 Å². The van der Waals surface area contributed by atoms with E-state index in [-0.39, 0.29) is 32.7 Å². The minimum Gasteiger partial charge on any atom is -0.376 e. The van der Waals surface area contributed by atoms with Crippen LogP contribution >= 0.6 is 0 Å². The van der Waals surface area contributed by atoms with Crippen molar-refractivity contribution in [1.82, 2.24) is 4.90 Å². The Morgan fingerprint density at radius 2 is 1.88 bits per heavy atom. The van der Waals surface area contributed by atoms with Crippen LogP contribution in [-0.2, 0) is 32.7 Å². The first kappa shape index (κ1) is 14.4. The zero-order valence-electron chi connectivity index (χ0n) is 10.4. The molecular formula is C15H16NY-. The quantitative estimate of drug-likeness (QED) is 0.755. The van der Waals surface area contributed by atoms with E-state index in [0.717, 1.165) is 17.9 Å². The molecule has 0 bridgehead atoms. The van der Waals surface area contributed by atoms with E-state index >= 15 is 0 Å². The van der Waals surface area contributed by atoms with Crippen LogP contribution in [0.2, 0.25) is 0 Å². The first-order valence-corrected chi connectivity index (χ1v) is 5.56. The maximum atomic E-state index is 4.04. The first-order chi connectivity index (χ1) is 7.72. The fraction of sp³-hybridized carbons (Fsp3) is 0.200. The summed E-state index contributed by atoms with van der Waals surface area (Å²) in [6.07, 6.45) is 7.21. The topological polar surface area (TPSA) is 3.24 Å². The van der Waals surface area contributed by atoms with E-state index in [1.165, 1.54) is 11.1 Å². The van der Waals surface area contributed by atoms with Gasteiger partial charge in [-0.25, -0.2) is 0 Å². The van der Waals surface area contributed by atoms with Crippen LogP contribution in [0, 0.1) is 13.0 Å². The summed E-state index contributed by atoms with van der Waals surface area (Å²) >= 11 is 0. The van der Waals surface area contributed by atoms with Gasteiger partial charge in [0.05, 0.1) is 0 Å². The van der Waals surface area contributed by atoms with E-state index in [0.29, 0.717) is 0 Å². The van der Waals surface area contributed by atoms with Gasteiger partial charge in [0.15, 0.2) is 0 Å². The Bertz CT molecular complexity index is 454. The van der Waals surface area contributed by atoms with Crippen LogP contribution in [0.15, 0.2) is 48.7 Å². The molecule has 0 aliphatic carbocycles. The minimum absolute atomic E-state index is 0. The van der Waals surface area contributed by atoms with Crippen molar-refractivity contribution in [3.05, 3.63) is 65.9 Å². The van der Waals surface area contributed by atoms with Crippen LogP contribution in [0.5, 0.6) is 0 Å². The summed E-state index contributed by atoms with van der Waals surface area (Å²) in [4.78, 5) is 2.17. The number of hydrogen-bond acceptors (Lipinski definition) is 1. The van der Waals surface area contributed by atoms with E-state index in [4.69, 9.17) is 0 Å². The molecular weight excluding hydrogens is 283 g/mol. The van der Waals surface area contributed by atoms with Crippen LogP contribution < -0.4 is 0 Å². The largest absolute Gasteiger partial charge is 0.376 e. The number of benzene rings is 1. The van der Waals surface area contributed by atoms with Gasteiger partial charge in [-0.15, -0.1) is 18.2 Å². The summed E-state index contributed by atoms with van der Waals surface area (Å²) in [5, 5.41) is 0. The van der Waals surface area contributed by atoms with Gasteiger partial charge in [0.2, 0.25) is 0 Å². The average molecular weight is 299 g/mol. The molecule has 2 heteroatoms. The molecule has 0 spiro atoms. The van der Waals surface area contributed by atoms with E-state index < -0.39 is 0 Å². The molecule has 1 aromatic carbocycles. The van der Waals surface area contributed by atoms with Crippen molar-refractivity contribution < 1.29 is 32.7 Å². The smallest absolute Gasteiger partial charge is 0.0169 e. The third-order valence-electron chi connectivity index (χ3n) is 2.75. The molecule has 1 aliphatic rings. The van der Waals surface area contributed by atoms with Gasteiger partial charge in [0.25, 0.3) is 0 Å². The van der Waals surface area contributed by atoms with Crippen LogP contribution in [-0.4, -0.2) is 11.4 Å². The number of hydrogen-bond donors (Lipinski definition) is 0. The second kappa shape index (κ2) is 6.32. The Balaban J connectivity index is 0.00000144. The second-order valence-corrected chi connectivity index (χ2v) is 3.93. The zero-order chi connectivity index (χ0) is 11.5. The van der Waals surface area contributed by atoms with Gasteiger partial charge in [0, 0.05) is 39.3 Å². The molecule has 0 atom stereocenters.